The number of furan rings is 2. The second-order valence-corrected chi connectivity index (χ2v) is 33.2. The van der Waals surface area contributed by atoms with Crippen molar-refractivity contribution in [2.75, 3.05) is 0 Å². The minimum Gasteiger partial charge on any atom is -1.00 e. The van der Waals surface area contributed by atoms with Crippen LogP contribution in [0.4, 0.5) is 0 Å². The molecule has 2 heterocycles. The van der Waals surface area contributed by atoms with Crippen LogP contribution in [0.2, 0.25) is 13.1 Å². The Morgan fingerprint density at radius 3 is 1.19 bits per heavy atom. The third-order valence-corrected chi connectivity index (χ3v) is 31.1. The van der Waals surface area contributed by atoms with Gasteiger partial charge in [0.05, 0.1) is 0 Å². The van der Waals surface area contributed by atoms with Crippen LogP contribution in [0.5, 0.6) is 0 Å². The summed E-state index contributed by atoms with van der Waals surface area (Å²) in [6.07, 6.45) is 5.07. The summed E-state index contributed by atoms with van der Waals surface area (Å²) in [6, 6.07) is 31.8. The number of fused-ring (bicyclic) bond motifs is 2. The van der Waals surface area contributed by atoms with Crippen LogP contribution in [0.1, 0.15) is 85.9 Å². The standard InChI is InChI=1S/2C23H21O.C2H6Si.2ClH.Zr/c2*1-14-10-19-12-20(22-11-15(2)17(4)24-22)13-21(19)23(16(14)3)18-8-6-5-7-9-18;1-3-2;;;/h2*5-13H,1-4H3;1-2H3;2*1H;/q;;;;;+2/p-2. The number of allylic oxidation sites excluding steroid dienone is 2. The van der Waals surface area contributed by atoms with Gasteiger partial charge < -0.3 is 24.8 Å². The minimum absolute atomic E-state index is 0. The summed E-state index contributed by atoms with van der Waals surface area (Å²) in [6.45, 7) is 23.1. The van der Waals surface area contributed by atoms with E-state index < -0.39 is 25.8 Å². The van der Waals surface area contributed by atoms with Crippen molar-refractivity contribution < 1.29 is 54.0 Å². The zero-order valence-electron chi connectivity index (χ0n) is 33.0. The predicted octanol–water partition coefficient (Wildman–Crippen LogP) is 7.44. The van der Waals surface area contributed by atoms with Gasteiger partial charge in [0, 0.05) is 0 Å². The topological polar surface area (TPSA) is 26.3 Å². The molecule has 54 heavy (non-hydrogen) atoms. The number of hydrogen-bond donors (Lipinski definition) is 0. The largest absolute Gasteiger partial charge is 1.00 e. The summed E-state index contributed by atoms with van der Waals surface area (Å²) in [5, 5.41) is 0. The van der Waals surface area contributed by atoms with E-state index in [2.05, 4.69) is 166 Å². The Hall–Kier alpha value is -3.40. The maximum atomic E-state index is 6.71. The zero-order chi connectivity index (χ0) is 36.6. The molecule has 0 radical (unpaired) electrons. The Labute approximate surface area is 341 Å². The molecule has 0 spiro atoms. The van der Waals surface area contributed by atoms with Gasteiger partial charge in [0.15, 0.2) is 0 Å². The van der Waals surface area contributed by atoms with E-state index in [-0.39, 0.29) is 24.8 Å². The molecule has 0 fully saturated rings. The quantitative estimate of drug-likeness (QED) is 0.163. The molecular weight excluding hydrogens is 799 g/mol. The Balaban J connectivity index is 0.00000249. The summed E-state index contributed by atoms with van der Waals surface area (Å²) < 4.78 is 14.1. The summed E-state index contributed by atoms with van der Waals surface area (Å²) in [5.41, 5.74) is 21.0. The van der Waals surface area contributed by atoms with E-state index in [0.29, 0.717) is 7.25 Å². The van der Waals surface area contributed by atoms with Gasteiger partial charge in [-0.2, -0.15) is 0 Å². The first-order valence-corrected chi connectivity index (χ1v) is 27.6. The Morgan fingerprint density at radius 2 is 0.870 bits per heavy atom. The van der Waals surface area contributed by atoms with Crippen molar-refractivity contribution in [2.45, 2.75) is 75.7 Å². The average molecular weight is 847 g/mol. The molecule has 274 valence electrons. The molecule has 6 aromatic rings. The van der Waals surface area contributed by atoms with Gasteiger partial charge in [-0.1, -0.05) is 0 Å². The monoisotopic (exact) mass is 844 g/mol. The minimum atomic E-state index is -2.69. The van der Waals surface area contributed by atoms with Crippen LogP contribution in [0.3, 0.4) is 0 Å². The number of benzene rings is 4. The molecule has 4 aromatic carbocycles. The van der Waals surface area contributed by atoms with Crippen LogP contribution in [0.25, 0.3) is 45.6 Å². The van der Waals surface area contributed by atoms with Crippen molar-refractivity contribution in [2.24, 2.45) is 0 Å². The third-order valence-electron chi connectivity index (χ3n) is 11.9. The molecule has 0 aliphatic heterocycles. The second-order valence-electron chi connectivity index (χ2n) is 15.3. The first-order valence-electron chi connectivity index (χ1n) is 18.6. The number of aryl methyl sites for hydroxylation is 6. The molecular formula is C48H48Cl2O2SiZr. The molecule has 0 saturated heterocycles. The van der Waals surface area contributed by atoms with Crippen molar-refractivity contribution >= 4 is 28.7 Å². The van der Waals surface area contributed by atoms with Crippen molar-refractivity contribution in [3.05, 3.63) is 164 Å². The molecule has 8 rings (SSSR count). The van der Waals surface area contributed by atoms with Gasteiger partial charge in [-0.3, -0.25) is 0 Å². The van der Waals surface area contributed by atoms with Gasteiger partial charge in [0.25, 0.3) is 0 Å². The summed E-state index contributed by atoms with van der Waals surface area (Å²) >= 11 is -2.69. The van der Waals surface area contributed by atoms with E-state index >= 15 is 0 Å². The first kappa shape index (κ1) is 40.3. The van der Waals surface area contributed by atoms with Crippen LogP contribution >= 0.6 is 0 Å². The van der Waals surface area contributed by atoms with E-state index in [4.69, 9.17) is 8.83 Å². The number of hydrogen-bond acceptors (Lipinski definition) is 2. The van der Waals surface area contributed by atoms with Crippen LogP contribution in [0, 0.1) is 55.4 Å². The molecule has 0 N–H and O–H groups in total. The van der Waals surface area contributed by atoms with Crippen molar-refractivity contribution in [1.29, 1.82) is 0 Å². The van der Waals surface area contributed by atoms with Crippen LogP contribution in [-0.2, 0) is 20.4 Å². The van der Waals surface area contributed by atoms with Gasteiger partial charge in [0.2, 0.25) is 0 Å². The van der Waals surface area contributed by atoms with E-state index in [9.17, 15) is 0 Å². The fraction of sp³-hybridized carbons (Fsp3) is 0.250. The SMILES string of the molecule is Cc1cc(C2=Cc3c(cc(C)c(C)c3-c3ccccc3)[CH]2[Zr+2]([CH]2C(c3cc(C)c(C)o3)=Cc3c2cc(C)c(C)c3-c2ccccc2)=[Si](C)C)oc1C.[Cl-].[Cl-]. The smallest absolute Gasteiger partial charge is 1.00 e. The van der Waals surface area contributed by atoms with Crippen LogP contribution in [-0.4, -0.2) is 5.43 Å². The fourth-order valence-electron chi connectivity index (χ4n) is 8.75. The summed E-state index contributed by atoms with van der Waals surface area (Å²) in [7, 11) is 0. The van der Waals surface area contributed by atoms with Gasteiger partial charge in [-0.25, -0.2) is 0 Å². The van der Waals surface area contributed by atoms with E-state index in [1.165, 1.54) is 89.0 Å². The Morgan fingerprint density at radius 1 is 0.500 bits per heavy atom. The molecule has 2 aliphatic rings. The van der Waals surface area contributed by atoms with Crippen LogP contribution < -0.4 is 24.8 Å². The second kappa shape index (κ2) is 15.6. The Kier molecular flexibility index (Phi) is 11.6. The van der Waals surface area contributed by atoms with Gasteiger partial charge in [-0.05, 0) is 0 Å². The molecule has 2 nitrogen and oxygen atoms in total. The van der Waals surface area contributed by atoms with E-state index in [0.717, 1.165) is 23.0 Å². The number of rotatable bonds is 6. The summed E-state index contributed by atoms with van der Waals surface area (Å²) in [4.78, 5) is 0. The third kappa shape index (κ3) is 6.66. The molecule has 0 bridgehead atoms. The predicted molar refractivity (Wildman–Crippen MR) is 218 cm³/mol. The maximum absolute atomic E-state index is 6.71. The van der Waals surface area contributed by atoms with Crippen molar-refractivity contribution in [3.8, 4) is 22.3 Å². The molecule has 2 unspecified atom stereocenters. The van der Waals surface area contributed by atoms with Gasteiger partial charge in [-0.15, -0.1) is 0 Å². The molecule has 0 amide bonds. The van der Waals surface area contributed by atoms with Gasteiger partial charge >= 0.3 is 320 Å². The summed E-state index contributed by atoms with van der Waals surface area (Å²) in [5.74, 6) is 4.12. The fourth-order valence-corrected chi connectivity index (χ4v) is 28.5. The average Bonchev–Trinajstić information content (AvgIpc) is 3.87. The van der Waals surface area contributed by atoms with Crippen molar-refractivity contribution in [3.63, 3.8) is 0 Å². The molecule has 6 heteroatoms. The molecule has 2 aliphatic carbocycles. The first-order chi connectivity index (χ1) is 24.9. The van der Waals surface area contributed by atoms with Gasteiger partial charge in [0.1, 0.15) is 0 Å². The van der Waals surface area contributed by atoms with Crippen LogP contribution in [0.15, 0.2) is 93.8 Å². The van der Waals surface area contributed by atoms with Crippen molar-refractivity contribution in [1.82, 2.24) is 0 Å². The zero-order valence-corrected chi connectivity index (χ0v) is 37.9. The van der Waals surface area contributed by atoms with E-state index in [1.807, 2.05) is 0 Å². The molecule has 0 saturated carbocycles. The Bertz CT molecular complexity index is 2310. The normalized spacial score (nSPS) is 15.4. The number of halogens is 2. The molecule has 2 aromatic heterocycles. The maximum Gasteiger partial charge on any atom is -1.00 e. The van der Waals surface area contributed by atoms with E-state index in [1.54, 1.807) is 0 Å². The molecule has 2 atom stereocenters.